The van der Waals surface area contributed by atoms with Gasteiger partial charge in [0.05, 0.1) is 11.6 Å². The average molecular weight is 287 g/mol. The van der Waals surface area contributed by atoms with Gasteiger partial charge in [-0.05, 0) is 30.5 Å². The number of carbonyl (C=O) groups is 2. The first-order valence-corrected chi connectivity index (χ1v) is 6.02. The van der Waals surface area contributed by atoms with Crippen LogP contribution in [0.2, 0.25) is 0 Å². The van der Waals surface area contributed by atoms with Crippen LogP contribution in [0.4, 0.5) is 13.2 Å². The third-order valence-electron chi connectivity index (χ3n) is 3.27. The molecule has 1 amide bonds. The predicted octanol–water partition coefficient (Wildman–Crippen LogP) is 2.61. The van der Waals surface area contributed by atoms with Crippen LogP contribution in [0.25, 0.3) is 0 Å². The number of halogens is 3. The third kappa shape index (κ3) is 2.76. The zero-order chi connectivity index (χ0) is 14.9. The van der Waals surface area contributed by atoms with Gasteiger partial charge in [0.1, 0.15) is 0 Å². The molecular weight excluding hydrogens is 275 g/mol. The number of benzene rings is 1. The maximum atomic E-state index is 12.5. The standard InChI is InChI=1S/C13H12F3NO3/c14-13(15,16)12(20)17-6-2-5-10(17)8-3-1-4-9(7-8)11(18)19/h1,3-4,7,10H,2,5-6H2,(H,18,19). The van der Waals surface area contributed by atoms with Crippen molar-refractivity contribution in [1.82, 2.24) is 4.90 Å². The molecule has 0 aromatic heterocycles. The number of aromatic carboxylic acids is 1. The van der Waals surface area contributed by atoms with Crippen molar-refractivity contribution in [1.29, 1.82) is 0 Å². The van der Waals surface area contributed by atoms with E-state index in [1.807, 2.05) is 0 Å². The smallest absolute Gasteiger partial charge is 0.471 e. The van der Waals surface area contributed by atoms with Crippen LogP contribution in [0.1, 0.15) is 34.8 Å². The molecule has 0 aliphatic carbocycles. The molecule has 0 spiro atoms. The van der Waals surface area contributed by atoms with Gasteiger partial charge in [0.15, 0.2) is 0 Å². The van der Waals surface area contributed by atoms with Crippen LogP contribution >= 0.6 is 0 Å². The molecule has 20 heavy (non-hydrogen) atoms. The number of amides is 1. The lowest BCUT2D eigenvalue weighted by Gasteiger charge is -2.26. The van der Waals surface area contributed by atoms with Crippen LogP contribution in [0.3, 0.4) is 0 Å². The van der Waals surface area contributed by atoms with Gasteiger partial charge in [0.25, 0.3) is 0 Å². The first-order valence-electron chi connectivity index (χ1n) is 6.02. The quantitative estimate of drug-likeness (QED) is 0.909. The molecule has 1 aromatic carbocycles. The zero-order valence-electron chi connectivity index (χ0n) is 10.4. The van der Waals surface area contributed by atoms with Crippen LogP contribution in [-0.2, 0) is 4.79 Å². The van der Waals surface area contributed by atoms with Gasteiger partial charge >= 0.3 is 18.1 Å². The highest BCUT2D eigenvalue weighted by Gasteiger charge is 2.46. The second kappa shape index (κ2) is 5.15. The fourth-order valence-corrected chi connectivity index (χ4v) is 2.40. The van der Waals surface area contributed by atoms with E-state index in [-0.39, 0.29) is 12.1 Å². The number of carboxylic acids is 1. The molecule has 108 valence electrons. The molecule has 0 saturated carbocycles. The first kappa shape index (κ1) is 14.4. The van der Waals surface area contributed by atoms with Crippen molar-refractivity contribution < 1.29 is 27.9 Å². The van der Waals surface area contributed by atoms with E-state index in [4.69, 9.17) is 5.11 Å². The fourth-order valence-electron chi connectivity index (χ4n) is 2.40. The van der Waals surface area contributed by atoms with Crippen LogP contribution in [0, 0.1) is 0 Å². The molecule has 1 atom stereocenters. The number of alkyl halides is 3. The molecule has 1 aliphatic rings. The number of carbonyl (C=O) groups excluding carboxylic acids is 1. The minimum absolute atomic E-state index is 0.00573. The molecular formula is C13H12F3NO3. The Balaban J connectivity index is 2.29. The topological polar surface area (TPSA) is 57.6 Å². The Morgan fingerprint density at radius 3 is 2.60 bits per heavy atom. The summed E-state index contributed by atoms with van der Waals surface area (Å²) in [6.07, 6.45) is -4.05. The highest BCUT2D eigenvalue weighted by molar-refractivity contribution is 5.88. The Morgan fingerprint density at radius 2 is 2.00 bits per heavy atom. The molecule has 1 aromatic rings. The molecule has 1 unspecified atom stereocenters. The normalized spacial score (nSPS) is 19.1. The van der Waals surface area contributed by atoms with Gasteiger partial charge in [-0.1, -0.05) is 12.1 Å². The Hall–Kier alpha value is -2.05. The van der Waals surface area contributed by atoms with Gasteiger partial charge in [0, 0.05) is 6.54 Å². The maximum absolute atomic E-state index is 12.5. The maximum Gasteiger partial charge on any atom is 0.471 e. The number of hydrogen-bond donors (Lipinski definition) is 1. The first-order chi connectivity index (χ1) is 9.30. The predicted molar refractivity (Wildman–Crippen MR) is 63.1 cm³/mol. The summed E-state index contributed by atoms with van der Waals surface area (Å²) in [6.45, 7) is 0.0281. The van der Waals surface area contributed by atoms with E-state index in [0.717, 1.165) is 4.90 Å². The minimum Gasteiger partial charge on any atom is -0.478 e. The molecule has 4 nitrogen and oxygen atoms in total. The number of carboxylic acid groups (broad SMARTS) is 1. The molecule has 1 heterocycles. The van der Waals surface area contributed by atoms with Gasteiger partial charge in [-0.15, -0.1) is 0 Å². The monoisotopic (exact) mass is 287 g/mol. The second-order valence-electron chi connectivity index (χ2n) is 4.58. The van der Waals surface area contributed by atoms with E-state index in [1.165, 1.54) is 18.2 Å². The Labute approximate surface area is 112 Å². The molecule has 1 aliphatic heterocycles. The van der Waals surface area contributed by atoms with Crippen molar-refractivity contribution in [2.75, 3.05) is 6.54 Å². The van der Waals surface area contributed by atoms with E-state index >= 15 is 0 Å². The summed E-state index contributed by atoms with van der Waals surface area (Å²) in [6, 6.07) is 4.96. The van der Waals surface area contributed by atoms with Gasteiger partial charge in [0.2, 0.25) is 0 Å². The number of nitrogens with zero attached hydrogens (tertiary/aromatic N) is 1. The summed E-state index contributed by atoms with van der Waals surface area (Å²) < 4.78 is 37.5. The Bertz CT molecular complexity index is 542. The van der Waals surface area contributed by atoms with Crippen molar-refractivity contribution in [2.45, 2.75) is 25.1 Å². The Morgan fingerprint density at radius 1 is 1.30 bits per heavy atom. The lowest BCUT2D eigenvalue weighted by molar-refractivity contribution is -0.186. The summed E-state index contributed by atoms with van der Waals surface area (Å²) in [5.41, 5.74) is 0.411. The van der Waals surface area contributed by atoms with Crippen molar-refractivity contribution >= 4 is 11.9 Å². The van der Waals surface area contributed by atoms with E-state index in [2.05, 4.69) is 0 Å². The number of hydrogen-bond acceptors (Lipinski definition) is 2. The average Bonchev–Trinajstić information content (AvgIpc) is 2.85. The summed E-state index contributed by atoms with van der Waals surface area (Å²) in [7, 11) is 0. The van der Waals surface area contributed by atoms with Crippen molar-refractivity contribution in [2.24, 2.45) is 0 Å². The summed E-state index contributed by atoms with van der Waals surface area (Å²) in [4.78, 5) is 23.0. The third-order valence-corrected chi connectivity index (χ3v) is 3.27. The largest absolute Gasteiger partial charge is 0.478 e. The summed E-state index contributed by atoms with van der Waals surface area (Å²) >= 11 is 0. The Kier molecular flexibility index (Phi) is 3.69. The number of rotatable bonds is 2. The molecule has 1 saturated heterocycles. The highest BCUT2D eigenvalue weighted by Crippen LogP contribution is 2.35. The van der Waals surface area contributed by atoms with E-state index in [0.29, 0.717) is 18.4 Å². The highest BCUT2D eigenvalue weighted by atomic mass is 19.4. The second-order valence-corrected chi connectivity index (χ2v) is 4.58. The van der Waals surface area contributed by atoms with Crippen molar-refractivity contribution in [3.8, 4) is 0 Å². The van der Waals surface area contributed by atoms with Crippen molar-refractivity contribution in [3.05, 3.63) is 35.4 Å². The van der Waals surface area contributed by atoms with E-state index in [9.17, 15) is 22.8 Å². The molecule has 0 radical (unpaired) electrons. The van der Waals surface area contributed by atoms with E-state index in [1.54, 1.807) is 6.07 Å². The molecule has 1 N–H and O–H groups in total. The summed E-state index contributed by atoms with van der Waals surface area (Å²) in [5.74, 6) is -3.03. The SMILES string of the molecule is O=C(O)c1cccc(C2CCCN2C(=O)C(F)(F)F)c1. The van der Waals surface area contributed by atoms with Gasteiger partial charge in [-0.25, -0.2) is 4.79 Å². The number of likely N-dealkylation sites (tertiary alicyclic amines) is 1. The molecule has 2 rings (SSSR count). The van der Waals surface area contributed by atoms with Crippen LogP contribution in [0.15, 0.2) is 24.3 Å². The van der Waals surface area contributed by atoms with Crippen molar-refractivity contribution in [3.63, 3.8) is 0 Å². The fraction of sp³-hybridized carbons (Fsp3) is 0.385. The van der Waals surface area contributed by atoms with E-state index < -0.39 is 24.1 Å². The van der Waals surface area contributed by atoms with Crippen LogP contribution in [-0.4, -0.2) is 34.6 Å². The molecule has 0 bridgehead atoms. The molecule has 7 heteroatoms. The zero-order valence-corrected chi connectivity index (χ0v) is 10.4. The van der Waals surface area contributed by atoms with Gasteiger partial charge in [-0.2, -0.15) is 13.2 Å². The molecule has 1 fully saturated rings. The lowest BCUT2D eigenvalue weighted by Crippen LogP contribution is -2.40. The van der Waals surface area contributed by atoms with Crippen LogP contribution < -0.4 is 0 Å². The minimum atomic E-state index is -4.91. The van der Waals surface area contributed by atoms with Gasteiger partial charge < -0.3 is 10.0 Å². The van der Waals surface area contributed by atoms with Gasteiger partial charge in [-0.3, -0.25) is 4.79 Å². The summed E-state index contributed by atoms with van der Waals surface area (Å²) in [5, 5.41) is 8.90. The lowest BCUT2D eigenvalue weighted by atomic mass is 10.0. The van der Waals surface area contributed by atoms with Crippen LogP contribution in [0.5, 0.6) is 0 Å².